The molecule has 1 aliphatic rings. The van der Waals surface area contributed by atoms with Crippen LogP contribution in [0.2, 0.25) is 0 Å². The highest BCUT2D eigenvalue weighted by Gasteiger charge is 2.19. The number of carbonyl (C=O) groups excluding carboxylic acids is 1. The average Bonchev–Trinajstić information content (AvgIpc) is 2.57. The Labute approximate surface area is 113 Å². The predicted octanol–water partition coefficient (Wildman–Crippen LogP) is 2.05. The third-order valence-electron chi connectivity index (χ3n) is 3.35. The monoisotopic (exact) mass is 262 g/mol. The van der Waals surface area contributed by atoms with Crippen molar-refractivity contribution in [2.75, 3.05) is 26.2 Å². The Morgan fingerprint density at radius 3 is 2.63 bits per heavy atom. The minimum Gasteiger partial charge on any atom is -0.338 e. The van der Waals surface area contributed by atoms with Crippen LogP contribution in [0.5, 0.6) is 0 Å². The van der Waals surface area contributed by atoms with Crippen molar-refractivity contribution in [3.63, 3.8) is 0 Å². The fraction of sp³-hybridized carbons (Fsp3) is 0.400. The third kappa shape index (κ3) is 3.89. The van der Waals surface area contributed by atoms with Crippen LogP contribution in [0.25, 0.3) is 0 Å². The molecule has 1 fully saturated rings. The Bertz CT molecular complexity index is 444. The van der Waals surface area contributed by atoms with E-state index in [-0.39, 0.29) is 11.7 Å². The third-order valence-corrected chi connectivity index (χ3v) is 3.35. The average molecular weight is 262 g/mol. The summed E-state index contributed by atoms with van der Waals surface area (Å²) >= 11 is 0. The van der Waals surface area contributed by atoms with Gasteiger partial charge >= 0.3 is 0 Å². The number of amides is 1. The van der Waals surface area contributed by atoms with E-state index in [0.29, 0.717) is 13.0 Å². The van der Waals surface area contributed by atoms with Crippen LogP contribution in [-0.4, -0.2) is 41.9 Å². The molecule has 1 aromatic carbocycles. The van der Waals surface area contributed by atoms with Crippen LogP contribution in [0.15, 0.2) is 36.9 Å². The number of halogens is 1. The molecule has 0 spiro atoms. The van der Waals surface area contributed by atoms with Crippen LogP contribution in [0.4, 0.5) is 4.39 Å². The molecule has 0 unspecified atom stereocenters. The molecule has 1 aromatic rings. The van der Waals surface area contributed by atoms with Gasteiger partial charge in [-0.15, -0.1) is 6.58 Å². The molecule has 0 radical (unpaired) electrons. The molecule has 0 N–H and O–H groups in total. The van der Waals surface area contributed by atoms with Crippen LogP contribution < -0.4 is 0 Å². The lowest BCUT2D eigenvalue weighted by Crippen LogP contribution is -2.33. The molecule has 1 saturated heterocycles. The first kappa shape index (κ1) is 13.7. The van der Waals surface area contributed by atoms with Crippen LogP contribution in [-0.2, 0) is 11.3 Å². The van der Waals surface area contributed by atoms with E-state index in [4.69, 9.17) is 0 Å². The highest BCUT2D eigenvalue weighted by molar-refractivity contribution is 5.76. The van der Waals surface area contributed by atoms with Crippen LogP contribution in [0.3, 0.4) is 0 Å². The number of nitrogens with zero attached hydrogens (tertiary/aromatic N) is 2. The molecule has 0 aromatic heterocycles. The maximum Gasteiger partial charge on any atom is 0.224 e. The van der Waals surface area contributed by atoms with Crippen molar-refractivity contribution >= 4 is 5.91 Å². The van der Waals surface area contributed by atoms with Crippen molar-refractivity contribution in [3.05, 3.63) is 48.3 Å². The second kappa shape index (κ2) is 6.48. The van der Waals surface area contributed by atoms with Gasteiger partial charge in [-0.1, -0.05) is 18.2 Å². The molecule has 0 saturated carbocycles. The first-order valence-corrected chi connectivity index (χ1v) is 6.54. The van der Waals surface area contributed by atoms with E-state index >= 15 is 0 Å². The summed E-state index contributed by atoms with van der Waals surface area (Å²) in [7, 11) is 0. The molecule has 3 nitrogen and oxygen atoms in total. The van der Waals surface area contributed by atoms with Gasteiger partial charge in [0, 0.05) is 39.1 Å². The van der Waals surface area contributed by atoms with Crippen molar-refractivity contribution in [2.24, 2.45) is 0 Å². The van der Waals surface area contributed by atoms with E-state index in [0.717, 1.165) is 31.7 Å². The van der Waals surface area contributed by atoms with Gasteiger partial charge in [-0.3, -0.25) is 9.69 Å². The van der Waals surface area contributed by atoms with Crippen molar-refractivity contribution < 1.29 is 9.18 Å². The summed E-state index contributed by atoms with van der Waals surface area (Å²) in [6, 6.07) is 6.54. The van der Waals surface area contributed by atoms with Crippen LogP contribution >= 0.6 is 0 Å². The van der Waals surface area contributed by atoms with E-state index in [2.05, 4.69) is 11.5 Å². The topological polar surface area (TPSA) is 23.6 Å². The highest BCUT2D eigenvalue weighted by atomic mass is 19.1. The minimum atomic E-state index is -0.216. The zero-order valence-electron chi connectivity index (χ0n) is 11.0. The van der Waals surface area contributed by atoms with E-state index in [9.17, 15) is 9.18 Å². The Hall–Kier alpha value is -1.68. The molecule has 0 aliphatic carbocycles. The lowest BCUT2D eigenvalue weighted by Gasteiger charge is -2.21. The van der Waals surface area contributed by atoms with E-state index in [1.807, 2.05) is 4.90 Å². The van der Waals surface area contributed by atoms with Crippen molar-refractivity contribution in [2.45, 2.75) is 13.0 Å². The van der Waals surface area contributed by atoms with Crippen molar-refractivity contribution in [3.8, 4) is 0 Å². The zero-order chi connectivity index (χ0) is 13.7. The second-order valence-corrected chi connectivity index (χ2v) is 4.78. The first-order valence-electron chi connectivity index (χ1n) is 6.54. The summed E-state index contributed by atoms with van der Waals surface area (Å²) in [5.41, 5.74) is 1.08. The Morgan fingerprint density at radius 1 is 1.21 bits per heavy atom. The van der Waals surface area contributed by atoms with Gasteiger partial charge in [0.05, 0.1) is 0 Å². The van der Waals surface area contributed by atoms with Gasteiger partial charge in [-0.2, -0.15) is 0 Å². The molecule has 1 amide bonds. The molecule has 0 bridgehead atoms. The number of benzene rings is 1. The normalized spacial score (nSPS) is 17.3. The SMILES string of the molecule is C=CCN1CCN(Cc2ccc(F)cc2)CCC1=O. The Morgan fingerprint density at radius 2 is 1.95 bits per heavy atom. The minimum absolute atomic E-state index is 0.182. The van der Waals surface area contributed by atoms with E-state index < -0.39 is 0 Å². The molecular weight excluding hydrogens is 243 g/mol. The fourth-order valence-electron chi connectivity index (χ4n) is 2.27. The number of hydrogen-bond donors (Lipinski definition) is 0. The maximum absolute atomic E-state index is 12.8. The van der Waals surface area contributed by atoms with E-state index in [1.54, 1.807) is 18.2 Å². The van der Waals surface area contributed by atoms with Crippen LogP contribution in [0.1, 0.15) is 12.0 Å². The molecule has 102 valence electrons. The molecule has 19 heavy (non-hydrogen) atoms. The number of rotatable bonds is 4. The molecule has 0 atom stereocenters. The standard InChI is InChI=1S/C15H19FN2O/c1-2-8-18-11-10-17(9-7-15(18)19)12-13-3-5-14(16)6-4-13/h2-6H,1,7-12H2. The molecule has 1 aliphatic heterocycles. The van der Waals surface area contributed by atoms with Gasteiger partial charge in [0.1, 0.15) is 5.82 Å². The summed E-state index contributed by atoms with van der Waals surface area (Å²) in [6.45, 7) is 7.37. The van der Waals surface area contributed by atoms with Gasteiger partial charge in [-0.05, 0) is 17.7 Å². The zero-order valence-corrected chi connectivity index (χ0v) is 11.0. The quantitative estimate of drug-likeness (QED) is 0.775. The number of hydrogen-bond acceptors (Lipinski definition) is 2. The van der Waals surface area contributed by atoms with Crippen molar-refractivity contribution in [1.29, 1.82) is 0 Å². The Balaban J connectivity index is 1.93. The first-order chi connectivity index (χ1) is 9.19. The van der Waals surface area contributed by atoms with E-state index in [1.165, 1.54) is 12.1 Å². The maximum atomic E-state index is 12.8. The van der Waals surface area contributed by atoms with Gasteiger partial charge in [0.25, 0.3) is 0 Å². The smallest absolute Gasteiger partial charge is 0.224 e. The number of carbonyl (C=O) groups is 1. The second-order valence-electron chi connectivity index (χ2n) is 4.78. The summed E-state index contributed by atoms with van der Waals surface area (Å²) in [5, 5.41) is 0. The molecule has 4 heteroatoms. The highest BCUT2D eigenvalue weighted by Crippen LogP contribution is 2.10. The summed E-state index contributed by atoms with van der Waals surface area (Å²) in [5.74, 6) is -0.0338. The summed E-state index contributed by atoms with van der Waals surface area (Å²) in [4.78, 5) is 15.9. The summed E-state index contributed by atoms with van der Waals surface area (Å²) in [6.07, 6.45) is 2.29. The van der Waals surface area contributed by atoms with Gasteiger partial charge in [-0.25, -0.2) is 4.39 Å². The lowest BCUT2D eigenvalue weighted by molar-refractivity contribution is -0.129. The van der Waals surface area contributed by atoms with Gasteiger partial charge in [0.2, 0.25) is 5.91 Å². The Kier molecular flexibility index (Phi) is 4.68. The molecule has 1 heterocycles. The van der Waals surface area contributed by atoms with Crippen molar-refractivity contribution in [1.82, 2.24) is 9.80 Å². The van der Waals surface area contributed by atoms with Gasteiger partial charge < -0.3 is 4.90 Å². The fourth-order valence-corrected chi connectivity index (χ4v) is 2.27. The molecular formula is C15H19FN2O. The summed E-state index contributed by atoms with van der Waals surface area (Å²) < 4.78 is 12.8. The van der Waals surface area contributed by atoms with Crippen LogP contribution in [0, 0.1) is 5.82 Å². The van der Waals surface area contributed by atoms with Gasteiger partial charge in [0.15, 0.2) is 0 Å². The lowest BCUT2D eigenvalue weighted by atomic mass is 10.2. The largest absolute Gasteiger partial charge is 0.338 e. The predicted molar refractivity (Wildman–Crippen MR) is 73.1 cm³/mol. The molecule has 2 rings (SSSR count).